The Labute approximate surface area is 195 Å². The minimum atomic E-state index is -0.368. The summed E-state index contributed by atoms with van der Waals surface area (Å²) in [5.74, 6) is 1.55. The first-order chi connectivity index (χ1) is 16.7. The van der Waals surface area contributed by atoms with Gasteiger partial charge in [0.15, 0.2) is 0 Å². The number of aromatic nitrogens is 2. The zero-order valence-corrected chi connectivity index (χ0v) is 18.3. The fourth-order valence-electron chi connectivity index (χ4n) is 3.14. The number of hydrogen-bond donors (Lipinski definition) is 2. The predicted octanol–water partition coefficient (Wildman–Crippen LogP) is 4.96. The maximum Gasteiger partial charge on any atom is 0.323 e. The van der Waals surface area contributed by atoms with Gasteiger partial charge in [-0.05, 0) is 48.5 Å². The van der Waals surface area contributed by atoms with E-state index in [0.29, 0.717) is 58.3 Å². The number of pyridine rings is 2. The Bertz CT molecular complexity index is 1320. The third-order valence-electron chi connectivity index (χ3n) is 4.75. The summed E-state index contributed by atoms with van der Waals surface area (Å²) in [6.07, 6.45) is 4.82. The van der Waals surface area contributed by atoms with E-state index < -0.39 is 0 Å². The third kappa shape index (κ3) is 5.56. The molecule has 4 rings (SSSR count). The first-order valence-corrected chi connectivity index (χ1v) is 10.4. The molecule has 2 heterocycles. The van der Waals surface area contributed by atoms with Crippen LogP contribution in [-0.4, -0.2) is 36.3 Å². The van der Waals surface area contributed by atoms with Crippen molar-refractivity contribution in [2.75, 3.05) is 31.0 Å². The van der Waals surface area contributed by atoms with Gasteiger partial charge in [-0.1, -0.05) is 0 Å². The Morgan fingerprint density at radius 3 is 2.38 bits per heavy atom. The molecular formula is C25H21N5O4. The largest absolute Gasteiger partial charge is 0.490 e. The summed E-state index contributed by atoms with van der Waals surface area (Å²) in [7, 11) is 1.58. The number of benzene rings is 2. The molecule has 0 saturated carbocycles. The van der Waals surface area contributed by atoms with E-state index in [2.05, 4.69) is 26.7 Å². The molecule has 0 aliphatic rings. The summed E-state index contributed by atoms with van der Waals surface area (Å²) < 4.78 is 16.7. The molecule has 2 amide bonds. The molecule has 0 aliphatic heterocycles. The summed E-state index contributed by atoms with van der Waals surface area (Å²) in [6.45, 7) is 0.740. The Morgan fingerprint density at radius 2 is 1.68 bits per heavy atom. The van der Waals surface area contributed by atoms with Gasteiger partial charge in [0.2, 0.25) is 0 Å². The first-order valence-electron chi connectivity index (χ1n) is 10.4. The van der Waals surface area contributed by atoms with Gasteiger partial charge in [0.25, 0.3) is 0 Å². The van der Waals surface area contributed by atoms with Gasteiger partial charge in [0.1, 0.15) is 29.9 Å². The predicted molar refractivity (Wildman–Crippen MR) is 127 cm³/mol. The Morgan fingerprint density at radius 1 is 0.941 bits per heavy atom. The lowest BCUT2D eigenvalue weighted by Crippen LogP contribution is -2.19. The van der Waals surface area contributed by atoms with E-state index in [1.54, 1.807) is 80.3 Å². The number of ether oxygens (including phenoxy) is 3. The molecule has 0 radical (unpaired) electrons. The normalized spacial score (nSPS) is 10.4. The van der Waals surface area contributed by atoms with Crippen molar-refractivity contribution in [3.05, 3.63) is 78.8 Å². The molecule has 0 fully saturated rings. The number of nitrogens with one attached hydrogen (secondary N) is 2. The number of carbonyl (C=O) groups excluding carboxylic acids is 1. The topological polar surface area (TPSA) is 118 Å². The average molecular weight is 455 g/mol. The molecule has 0 unspecified atom stereocenters. The molecule has 0 saturated heterocycles. The molecule has 0 aliphatic carbocycles. The van der Waals surface area contributed by atoms with Crippen LogP contribution in [0, 0.1) is 11.3 Å². The number of carbonyl (C=O) groups is 1. The monoisotopic (exact) mass is 455 g/mol. The zero-order valence-electron chi connectivity index (χ0n) is 18.3. The van der Waals surface area contributed by atoms with E-state index in [0.717, 1.165) is 0 Å². The van der Waals surface area contributed by atoms with E-state index in [9.17, 15) is 10.1 Å². The molecule has 9 nitrogen and oxygen atoms in total. The van der Waals surface area contributed by atoms with Gasteiger partial charge < -0.3 is 24.8 Å². The van der Waals surface area contributed by atoms with Crippen LogP contribution in [-0.2, 0) is 4.74 Å². The molecule has 170 valence electrons. The van der Waals surface area contributed by atoms with E-state index in [-0.39, 0.29) is 6.03 Å². The summed E-state index contributed by atoms with van der Waals surface area (Å²) in [5.41, 5.74) is 2.25. The maximum absolute atomic E-state index is 12.2. The molecule has 0 spiro atoms. The minimum absolute atomic E-state index is 0.327. The standard InChI is InChI=1S/C25H21N5O4/c1-32-12-13-33-24-15-22-21(14-17(24)16-26)23(8-11-28-22)34-20-4-2-18(3-5-20)29-25(31)30-19-6-9-27-10-7-19/h2-11,14-15H,12-13H2,1H3,(H2,27,29,30,31). The Hall–Kier alpha value is -4.68. The highest BCUT2D eigenvalue weighted by atomic mass is 16.5. The van der Waals surface area contributed by atoms with Crippen molar-refractivity contribution in [3.8, 4) is 23.3 Å². The van der Waals surface area contributed by atoms with Crippen LogP contribution >= 0.6 is 0 Å². The van der Waals surface area contributed by atoms with Crippen molar-refractivity contribution < 1.29 is 19.0 Å². The molecule has 2 aromatic carbocycles. The van der Waals surface area contributed by atoms with Crippen molar-refractivity contribution in [2.24, 2.45) is 0 Å². The van der Waals surface area contributed by atoms with Crippen molar-refractivity contribution in [3.63, 3.8) is 0 Å². The van der Waals surface area contributed by atoms with Gasteiger partial charge in [-0.3, -0.25) is 9.97 Å². The van der Waals surface area contributed by atoms with Gasteiger partial charge in [-0.2, -0.15) is 5.26 Å². The summed E-state index contributed by atoms with van der Waals surface area (Å²) >= 11 is 0. The first kappa shape index (κ1) is 22.5. The molecule has 4 aromatic rings. The number of anilines is 2. The van der Waals surface area contributed by atoms with Gasteiger partial charge in [-0.25, -0.2) is 4.79 Å². The minimum Gasteiger partial charge on any atom is -0.490 e. The third-order valence-corrected chi connectivity index (χ3v) is 4.75. The molecule has 34 heavy (non-hydrogen) atoms. The lowest BCUT2D eigenvalue weighted by atomic mass is 10.1. The van der Waals surface area contributed by atoms with Crippen LogP contribution in [0.1, 0.15) is 5.56 Å². The second kappa shape index (κ2) is 10.8. The molecule has 2 N–H and O–H groups in total. The molecular weight excluding hydrogens is 434 g/mol. The van der Waals surface area contributed by atoms with Gasteiger partial charge in [0.05, 0.1) is 17.7 Å². The lowest BCUT2D eigenvalue weighted by molar-refractivity contribution is 0.146. The van der Waals surface area contributed by atoms with E-state index in [1.165, 1.54) is 0 Å². The van der Waals surface area contributed by atoms with Gasteiger partial charge >= 0.3 is 6.03 Å². The summed E-state index contributed by atoms with van der Waals surface area (Å²) in [6, 6.07) is 17.2. The number of urea groups is 1. The van der Waals surface area contributed by atoms with Gasteiger partial charge in [-0.15, -0.1) is 0 Å². The number of hydrogen-bond acceptors (Lipinski definition) is 7. The van der Waals surface area contributed by atoms with Crippen LogP contribution in [0.4, 0.5) is 16.2 Å². The van der Waals surface area contributed by atoms with Crippen molar-refractivity contribution >= 4 is 28.3 Å². The van der Waals surface area contributed by atoms with Crippen molar-refractivity contribution in [1.29, 1.82) is 5.26 Å². The van der Waals surface area contributed by atoms with Crippen LogP contribution < -0.4 is 20.1 Å². The second-order valence-corrected chi connectivity index (χ2v) is 7.07. The summed E-state index contributed by atoms with van der Waals surface area (Å²) in [5, 5.41) is 15.7. The molecule has 0 atom stereocenters. The molecule has 9 heteroatoms. The Balaban J connectivity index is 1.47. The van der Waals surface area contributed by atoms with E-state index in [4.69, 9.17) is 14.2 Å². The van der Waals surface area contributed by atoms with Crippen molar-refractivity contribution in [2.45, 2.75) is 0 Å². The fourth-order valence-corrected chi connectivity index (χ4v) is 3.14. The highest BCUT2D eigenvalue weighted by molar-refractivity contribution is 5.99. The Kier molecular flexibility index (Phi) is 7.12. The van der Waals surface area contributed by atoms with Crippen LogP contribution in [0.15, 0.2) is 73.2 Å². The SMILES string of the molecule is COCCOc1cc2nccc(Oc3ccc(NC(=O)Nc4ccncc4)cc3)c2cc1C#N. The highest BCUT2D eigenvalue weighted by Gasteiger charge is 2.12. The number of nitrogens with zero attached hydrogens (tertiary/aromatic N) is 3. The van der Waals surface area contributed by atoms with Crippen LogP contribution in [0.5, 0.6) is 17.2 Å². The number of methoxy groups -OCH3 is 1. The van der Waals surface area contributed by atoms with E-state index in [1.807, 2.05) is 0 Å². The summed E-state index contributed by atoms with van der Waals surface area (Å²) in [4.78, 5) is 20.4. The number of fused-ring (bicyclic) bond motifs is 1. The van der Waals surface area contributed by atoms with E-state index >= 15 is 0 Å². The average Bonchev–Trinajstić information content (AvgIpc) is 2.85. The second-order valence-electron chi connectivity index (χ2n) is 7.07. The van der Waals surface area contributed by atoms with Crippen LogP contribution in [0.2, 0.25) is 0 Å². The molecule has 0 bridgehead atoms. The van der Waals surface area contributed by atoms with Crippen LogP contribution in [0.3, 0.4) is 0 Å². The fraction of sp³-hybridized carbons (Fsp3) is 0.120. The number of rotatable bonds is 8. The van der Waals surface area contributed by atoms with Crippen LogP contribution in [0.25, 0.3) is 10.9 Å². The number of nitriles is 1. The number of amides is 2. The maximum atomic E-state index is 12.2. The smallest absolute Gasteiger partial charge is 0.323 e. The van der Waals surface area contributed by atoms with Gasteiger partial charge in [0, 0.05) is 48.5 Å². The zero-order chi connectivity index (χ0) is 23.8. The highest BCUT2D eigenvalue weighted by Crippen LogP contribution is 2.33. The quantitative estimate of drug-likeness (QED) is 0.360. The lowest BCUT2D eigenvalue weighted by Gasteiger charge is -2.12. The molecule has 2 aromatic heterocycles. The van der Waals surface area contributed by atoms with Crippen molar-refractivity contribution in [1.82, 2.24) is 9.97 Å².